The van der Waals surface area contributed by atoms with Gasteiger partial charge in [-0.1, -0.05) is 41.5 Å². The molecule has 1 aromatic heterocycles. The number of hydrogen-bond donors (Lipinski definition) is 4. The van der Waals surface area contributed by atoms with E-state index in [1.54, 1.807) is 0 Å². The van der Waals surface area contributed by atoms with E-state index in [2.05, 4.69) is 4.98 Å². The summed E-state index contributed by atoms with van der Waals surface area (Å²) in [6.45, 7) is 11.8. The third-order valence-electron chi connectivity index (χ3n) is 6.28. The van der Waals surface area contributed by atoms with Crippen molar-refractivity contribution in [3.63, 3.8) is 0 Å². The summed E-state index contributed by atoms with van der Waals surface area (Å²) >= 11 is 0. The number of nitrogens with one attached hydrogen (secondary N) is 1. The van der Waals surface area contributed by atoms with Crippen molar-refractivity contribution >= 4 is 8.07 Å². The Labute approximate surface area is 159 Å². The highest BCUT2D eigenvalue weighted by molar-refractivity contribution is 6.85. The fourth-order valence-electron chi connectivity index (χ4n) is 5.64. The van der Waals surface area contributed by atoms with Crippen LogP contribution in [0.5, 0.6) is 0 Å². The summed E-state index contributed by atoms with van der Waals surface area (Å²) < 4.78 is 7.47. The number of aromatic nitrogens is 2. The normalized spacial score (nSPS) is 29.3. The van der Waals surface area contributed by atoms with E-state index in [1.807, 2.05) is 41.5 Å². The number of hydrogen-bond acceptors (Lipinski definition) is 6. The van der Waals surface area contributed by atoms with Gasteiger partial charge in [0.05, 0.1) is 6.61 Å². The van der Waals surface area contributed by atoms with Crippen molar-refractivity contribution in [2.24, 2.45) is 0 Å². The monoisotopic (exact) mass is 400 g/mol. The predicted octanol–water partition coefficient (Wildman–Crippen LogP) is 0.520. The van der Waals surface area contributed by atoms with E-state index >= 15 is 0 Å². The molecule has 4 atom stereocenters. The molecule has 8 nitrogen and oxygen atoms in total. The van der Waals surface area contributed by atoms with Crippen LogP contribution in [0.15, 0.2) is 21.9 Å². The highest BCUT2D eigenvalue weighted by Crippen LogP contribution is 2.56. The van der Waals surface area contributed by atoms with Crippen molar-refractivity contribution in [3.05, 3.63) is 33.1 Å². The molecule has 9 heteroatoms. The maximum Gasteiger partial charge on any atom is 0.330 e. The van der Waals surface area contributed by atoms with Gasteiger partial charge in [0.1, 0.15) is 26.4 Å². The largest absolute Gasteiger partial charge is 0.394 e. The first-order valence-corrected chi connectivity index (χ1v) is 11.7. The van der Waals surface area contributed by atoms with Crippen LogP contribution in [0.2, 0.25) is 16.6 Å². The molecule has 2 heterocycles. The Bertz CT molecular complexity index is 752. The number of H-pyrrole nitrogens is 1. The number of nitrogens with zero attached hydrogens (tertiary/aromatic N) is 1. The van der Waals surface area contributed by atoms with E-state index in [9.17, 15) is 24.9 Å². The van der Waals surface area contributed by atoms with Crippen molar-refractivity contribution < 1.29 is 20.1 Å². The summed E-state index contributed by atoms with van der Waals surface area (Å²) in [5.74, 6) is 0. The van der Waals surface area contributed by atoms with Crippen molar-refractivity contribution in [2.45, 2.75) is 81.8 Å². The zero-order valence-corrected chi connectivity index (χ0v) is 17.8. The summed E-state index contributed by atoms with van der Waals surface area (Å²) in [5.41, 5.74) is -1.06. The Morgan fingerprint density at radius 1 is 1.15 bits per heavy atom. The van der Waals surface area contributed by atoms with Crippen LogP contribution < -0.4 is 11.2 Å². The molecule has 0 amide bonds. The lowest BCUT2D eigenvalue weighted by atomic mass is 10.1. The lowest BCUT2D eigenvalue weighted by molar-refractivity contribution is -0.101. The van der Waals surface area contributed by atoms with Crippen molar-refractivity contribution in [1.82, 2.24) is 9.55 Å². The SMILES string of the molecule is CC(C)[Si](C(C)C)(C(C)C)[C@@]1(n2ccc(=O)[nH]c2=O)O[C@H](CO)[C@@H](O)[C@H]1O. The minimum absolute atomic E-state index is 0.0654. The topological polar surface area (TPSA) is 125 Å². The Balaban J connectivity index is 2.98. The van der Waals surface area contributed by atoms with Gasteiger partial charge < -0.3 is 20.1 Å². The van der Waals surface area contributed by atoms with Crippen LogP contribution in [0.3, 0.4) is 0 Å². The average molecular weight is 401 g/mol. The lowest BCUT2D eigenvalue weighted by Gasteiger charge is -2.55. The van der Waals surface area contributed by atoms with Crippen LogP contribution in [-0.2, 0) is 10.1 Å². The average Bonchev–Trinajstić information content (AvgIpc) is 2.80. The summed E-state index contributed by atoms with van der Waals surface area (Å²) in [4.78, 5) is 26.7. The van der Waals surface area contributed by atoms with Crippen molar-refractivity contribution in [1.29, 1.82) is 0 Å². The van der Waals surface area contributed by atoms with Crippen LogP contribution in [0.25, 0.3) is 0 Å². The second kappa shape index (κ2) is 7.63. The summed E-state index contributed by atoms with van der Waals surface area (Å²) in [7, 11) is -2.80. The fraction of sp³-hybridized carbons (Fsp3) is 0.778. The third-order valence-corrected chi connectivity index (χ3v) is 13.9. The number of ether oxygens (including phenoxy) is 1. The molecule has 0 spiro atoms. The van der Waals surface area contributed by atoms with E-state index < -0.39 is 49.6 Å². The molecule has 0 bridgehead atoms. The molecule has 1 saturated heterocycles. The van der Waals surface area contributed by atoms with Crippen LogP contribution in [0.4, 0.5) is 0 Å². The molecule has 0 aromatic carbocycles. The molecule has 1 aromatic rings. The quantitative estimate of drug-likeness (QED) is 0.516. The first-order chi connectivity index (χ1) is 12.5. The van der Waals surface area contributed by atoms with Gasteiger partial charge in [0.2, 0.25) is 0 Å². The van der Waals surface area contributed by atoms with Crippen LogP contribution in [0.1, 0.15) is 41.5 Å². The Kier molecular flexibility index (Phi) is 6.23. The standard InChI is InChI=1S/C18H32N2O6Si/c1-10(2)27(11(3)4,12(5)6)18(16(24)15(23)13(9-21)26-18)20-8-7-14(22)19-17(20)25/h7-8,10-13,15-16,21,23-24H,9H2,1-6H3,(H,19,22,25)/t13-,15-,16-,18+/m1/s1. The predicted molar refractivity (Wildman–Crippen MR) is 104 cm³/mol. The maximum absolute atomic E-state index is 12.8. The number of rotatable bonds is 6. The second-order valence-electron chi connectivity index (χ2n) is 8.35. The fourth-order valence-corrected chi connectivity index (χ4v) is 13.7. The highest BCUT2D eigenvalue weighted by atomic mass is 28.3. The maximum atomic E-state index is 12.8. The first kappa shape index (κ1) is 22.0. The Hall–Kier alpha value is -1.26. The van der Waals surface area contributed by atoms with E-state index in [-0.39, 0.29) is 16.6 Å². The molecule has 0 aliphatic carbocycles. The van der Waals surface area contributed by atoms with Crippen molar-refractivity contribution in [2.75, 3.05) is 6.61 Å². The van der Waals surface area contributed by atoms with Crippen molar-refractivity contribution in [3.8, 4) is 0 Å². The van der Waals surface area contributed by atoms with E-state index in [0.717, 1.165) is 0 Å². The molecular formula is C18H32N2O6Si. The molecule has 27 heavy (non-hydrogen) atoms. The Morgan fingerprint density at radius 2 is 1.67 bits per heavy atom. The minimum atomic E-state index is -2.80. The Morgan fingerprint density at radius 3 is 2.04 bits per heavy atom. The van der Waals surface area contributed by atoms with Crippen LogP contribution in [-0.4, -0.2) is 57.9 Å². The van der Waals surface area contributed by atoms with Gasteiger partial charge in [0.15, 0.2) is 5.35 Å². The third kappa shape index (κ3) is 2.96. The lowest BCUT2D eigenvalue weighted by Crippen LogP contribution is -2.72. The smallest absolute Gasteiger partial charge is 0.330 e. The zero-order chi connectivity index (χ0) is 20.7. The van der Waals surface area contributed by atoms with Gasteiger partial charge in [-0.2, -0.15) is 0 Å². The molecule has 4 N–H and O–H groups in total. The minimum Gasteiger partial charge on any atom is -0.394 e. The number of aliphatic hydroxyl groups excluding tert-OH is 3. The van der Waals surface area contributed by atoms with Gasteiger partial charge in [-0.15, -0.1) is 0 Å². The summed E-state index contributed by atoms with van der Waals surface area (Å²) in [5, 5.41) is 30.0. The molecule has 1 fully saturated rings. The molecular weight excluding hydrogens is 368 g/mol. The number of aromatic amines is 1. The van der Waals surface area contributed by atoms with E-state index in [1.165, 1.54) is 16.8 Å². The highest BCUT2D eigenvalue weighted by Gasteiger charge is 2.70. The summed E-state index contributed by atoms with van der Waals surface area (Å²) in [6.07, 6.45) is -2.47. The molecule has 0 radical (unpaired) electrons. The van der Waals surface area contributed by atoms with E-state index in [0.29, 0.717) is 0 Å². The van der Waals surface area contributed by atoms with Gasteiger partial charge in [-0.05, 0) is 16.6 Å². The van der Waals surface area contributed by atoms with E-state index in [4.69, 9.17) is 4.74 Å². The first-order valence-electron chi connectivity index (χ1n) is 9.45. The van der Waals surface area contributed by atoms with Crippen LogP contribution in [0, 0.1) is 0 Å². The second-order valence-corrected chi connectivity index (χ2v) is 14.4. The van der Waals surface area contributed by atoms with Crippen LogP contribution >= 0.6 is 0 Å². The molecule has 0 unspecified atom stereocenters. The van der Waals surface area contributed by atoms with Gasteiger partial charge in [-0.3, -0.25) is 14.3 Å². The van der Waals surface area contributed by atoms with Gasteiger partial charge in [0, 0.05) is 12.3 Å². The summed E-state index contributed by atoms with van der Waals surface area (Å²) in [6, 6.07) is 1.21. The number of aliphatic hydroxyl groups is 3. The molecule has 0 saturated carbocycles. The molecule has 1 aliphatic heterocycles. The molecule has 2 rings (SSSR count). The van der Waals surface area contributed by atoms with Gasteiger partial charge in [0.25, 0.3) is 5.56 Å². The van der Waals surface area contributed by atoms with Gasteiger partial charge >= 0.3 is 5.69 Å². The molecule has 154 valence electrons. The molecule has 1 aliphatic rings. The van der Waals surface area contributed by atoms with Gasteiger partial charge in [-0.25, -0.2) is 4.79 Å². The zero-order valence-electron chi connectivity index (χ0n) is 16.8.